The zero-order valence-electron chi connectivity index (χ0n) is 10.7. The van der Waals surface area contributed by atoms with E-state index in [1.54, 1.807) is 0 Å². The van der Waals surface area contributed by atoms with Gasteiger partial charge in [0.1, 0.15) is 0 Å². The Bertz CT molecular complexity index is 907. The molecule has 1 aromatic heterocycles. The number of rotatable bonds is 1. The van der Waals surface area contributed by atoms with E-state index < -0.39 is 0 Å². The van der Waals surface area contributed by atoms with Crippen molar-refractivity contribution in [2.75, 3.05) is 0 Å². The van der Waals surface area contributed by atoms with Crippen LogP contribution in [0.2, 0.25) is 0 Å². The van der Waals surface area contributed by atoms with Crippen molar-refractivity contribution in [1.29, 1.82) is 0 Å². The van der Waals surface area contributed by atoms with Crippen LogP contribution in [0.1, 0.15) is 0 Å². The minimum absolute atomic E-state index is 1.13. The quantitative estimate of drug-likeness (QED) is 0.459. The Morgan fingerprint density at radius 2 is 1.35 bits per heavy atom. The first-order valence-corrected chi connectivity index (χ1v) is 7.38. The number of benzene rings is 3. The third kappa shape index (κ3) is 1.69. The van der Waals surface area contributed by atoms with Crippen LogP contribution in [-0.2, 0) is 0 Å². The summed E-state index contributed by atoms with van der Waals surface area (Å²) in [5, 5.41) is 2.53. The molecule has 1 N–H and O–H groups in total. The van der Waals surface area contributed by atoms with E-state index in [2.05, 4.69) is 87.6 Å². The Kier molecular flexibility index (Phi) is 2.64. The van der Waals surface area contributed by atoms with Gasteiger partial charge in [-0.15, -0.1) is 0 Å². The van der Waals surface area contributed by atoms with Crippen LogP contribution in [0.5, 0.6) is 0 Å². The lowest BCUT2D eigenvalue weighted by Gasteiger charge is -2.05. The smallest absolute Gasteiger partial charge is 0.0476 e. The lowest BCUT2D eigenvalue weighted by molar-refractivity contribution is 1.54. The summed E-state index contributed by atoms with van der Waals surface area (Å²) >= 11 is 3.68. The lowest BCUT2D eigenvalue weighted by atomic mass is 9.99. The molecule has 0 spiro atoms. The Morgan fingerprint density at radius 1 is 0.650 bits per heavy atom. The third-order valence-electron chi connectivity index (χ3n) is 3.68. The highest BCUT2D eigenvalue weighted by atomic mass is 79.9. The fourth-order valence-electron chi connectivity index (χ4n) is 2.81. The third-order valence-corrected chi connectivity index (χ3v) is 4.34. The molecule has 0 radical (unpaired) electrons. The maximum absolute atomic E-state index is 3.68. The number of nitrogens with one attached hydrogen (secondary N) is 1. The fraction of sp³-hybridized carbons (Fsp3) is 0. The molecule has 0 fully saturated rings. The first-order chi connectivity index (χ1) is 9.84. The molecule has 4 aromatic rings. The van der Waals surface area contributed by atoms with Crippen LogP contribution in [0.25, 0.3) is 32.9 Å². The predicted molar refractivity (Wildman–Crippen MR) is 88.9 cm³/mol. The minimum Gasteiger partial charge on any atom is -0.354 e. The van der Waals surface area contributed by atoms with Crippen molar-refractivity contribution in [3.63, 3.8) is 0 Å². The second-order valence-corrected chi connectivity index (χ2v) is 5.74. The highest BCUT2D eigenvalue weighted by molar-refractivity contribution is 9.10. The van der Waals surface area contributed by atoms with Crippen LogP contribution in [0.3, 0.4) is 0 Å². The lowest BCUT2D eigenvalue weighted by Crippen LogP contribution is -1.79. The van der Waals surface area contributed by atoms with Gasteiger partial charge in [-0.25, -0.2) is 0 Å². The molecular weight excluding hydrogens is 310 g/mol. The molecule has 0 saturated heterocycles. The van der Waals surface area contributed by atoms with Gasteiger partial charge in [-0.2, -0.15) is 0 Å². The Labute approximate surface area is 125 Å². The number of hydrogen-bond donors (Lipinski definition) is 1. The average Bonchev–Trinajstić information content (AvgIpc) is 2.88. The zero-order valence-corrected chi connectivity index (χ0v) is 12.3. The number of aromatic nitrogens is 1. The molecule has 0 atom stereocenters. The van der Waals surface area contributed by atoms with Crippen LogP contribution in [0.15, 0.2) is 71.2 Å². The monoisotopic (exact) mass is 321 g/mol. The normalized spacial score (nSPS) is 11.2. The van der Waals surface area contributed by atoms with Crippen molar-refractivity contribution in [2.45, 2.75) is 0 Å². The number of H-pyrrole nitrogens is 1. The molecule has 96 valence electrons. The Morgan fingerprint density at radius 3 is 2.15 bits per heavy atom. The maximum atomic E-state index is 3.68. The summed E-state index contributed by atoms with van der Waals surface area (Å²) in [6.45, 7) is 0. The van der Waals surface area contributed by atoms with Crippen molar-refractivity contribution in [1.82, 2.24) is 4.98 Å². The van der Waals surface area contributed by atoms with Crippen molar-refractivity contribution in [2.24, 2.45) is 0 Å². The summed E-state index contributed by atoms with van der Waals surface area (Å²) in [4.78, 5) is 3.50. The highest BCUT2D eigenvalue weighted by Crippen LogP contribution is 2.37. The second kappa shape index (κ2) is 4.50. The first kappa shape index (κ1) is 11.7. The van der Waals surface area contributed by atoms with Crippen LogP contribution in [0, 0.1) is 0 Å². The van der Waals surface area contributed by atoms with Gasteiger partial charge in [0.2, 0.25) is 0 Å². The molecule has 0 bridgehead atoms. The second-order valence-electron chi connectivity index (χ2n) is 4.88. The average molecular weight is 322 g/mol. The molecule has 2 heteroatoms. The van der Waals surface area contributed by atoms with Gasteiger partial charge in [-0.3, -0.25) is 0 Å². The van der Waals surface area contributed by atoms with Gasteiger partial charge < -0.3 is 4.98 Å². The van der Waals surface area contributed by atoms with E-state index in [0.717, 1.165) is 9.99 Å². The minimum atomic E-state index is 1.13. The molecular formula is C18H12BrN. The van der Waals surface area contributed by atoms with Crippen molar-refractivity contribution in [3.8, 4) is 11.1 Å². The van der Waals surface area contributed by atoms with Gasteiger partial charge in [-0.05, 0) is 29.3 Å². The van der Waals surface area contributed by atoms with Crippen molar-refractivity contribution < 1.29 is 0 Å². The van der Waals surface area contributed by atoms with E-state index in [-0.39, 0.29) is 0 Å². The van der Waals surface area contributed by atoms with E-state index in [9.17, 15) is 0 Å². The van der Waals surface area contributed by atoms with E-state index in [0.29, 0.717) is 0 Å². The first-order valence-electron chi connectivity index (χ1n) is 6.59. The molecule has 0 saturated carbocycles. The molecule has 3 aromatic carbocycles. The largest absolute Gasteiger partial charge is 0.354 e. The molecule has 1 nitrogen and oxygen atoms in total. The number of fused-ring (bicyclic) bond motifs is 3. The van der Waals surface area contributed by atoms with Crippen molar-refractivity contribution >= 4 is 37.7 Å². The van der Waals surface area contributed by atoms with Crippen LogP contribution in [-0.4, -0.2) is 4.98 Å². The van der Waals surface area contributed by atoms with E-state index >= 15 is 0 Å². The molecule has 0 aliphatic carbocycles. The van der Waals surface area contributed by atoms with Crippen LogP contribution in [0.4, 0.5) is 0 Å². The molecule has 1 heterocycles. The van der Waals surface area contributed by atoms with Gasteiger partial charge in [0.15, 0.2) is 0 Å². The van der Waals surface area contributed by atoms with Gasteiger partial charge in [0.25, 0.3) is 0 Å². The van der Waals surface area contributed by atoms with Crippen LogP contribution < -0.4 is 0 Å². The summed E-state index contributed by atoms with van der Waals surface area (Å²) in [7, 11) is 0. The van der Waals surface area contributed by atoms with Gasteiger partial charge >= 0.3 is 0 Å². The maximum Gasteiger partial charge on any atom is 0.0476 e. The summed E-state index contributed by atoms with van der Waals surface area (Å²) < 4.78 is 1.13. The number of hydrogen-bond acceptors (Lipinski definition) is 0. The summed E-state index contributed by atoms with van der Waals surface area (Å²) in [6, 6.07) is 23.2. The molecule has 20 heavy (non-hydrogen) atoms. The Hall–Kier alpha value is -2.06. The summed E-state index contributed by atoms with van der Waals surface area (Å²) in [5.74, 6) is 0. The van der Waals surface area contributed by atoms with Gasteiger partial charge in [0, 0.05) is 26.3 Å². The zero-order chi connectivity index (χ0) is 13.5. The highest BCUT2D eigenvalue weighted by Gasteiger charge is 2.11. The van der Waals surface area contributed by atoms with E-state index in [1.807, 2.05) is 0 Å². The molecule has 0 aliphatic heterocycles. The van der Waals surface area contributed by atoms with E-state index in [1.165, 1.54) is 27.4 Å². The number of aromatic amines is 1. The van der Waals surface area contributed by atoms with Gasteiger partial charge in [-0.1, -0.05) is 64.5 Å². The topological polar surface area (TPSA) is 15.8 Å². The summed E-state index contributed by atoms with van der Waals surface area (Å²) in [6.07, 6.45) is 0. The Balaban J connectivity index is 2.20. The predicted octanol–water partition coefficient (Wildman–Crippen LogP) is 5.75. The van der Waals surface area contributed by atoms with Crippen LogP contribution >= 0.6 is 15.9 Å². The molecule has 0 unspecified atom stereocenters. The standard InChI is InChI=1S/C18H12BrN/c19-14-9-5-11-16-18(14)17-13(8-4-10-15(17)20-16)12-6-2-1-3-7-12/h1-11,20H. The molecule has 4 rings (SSSR count). The fourth-order valence-corrected chi connectivity index (χ4v) is 3.38. The molecule has 0 amide bonds. The summed E-state index contributed by atoms with van der Waals surface area (Å²) in [5.41, 5.74) is 4.85. The van der Waals surface area contributed by atoms with Crippen molar-refractivity contribution in [3.05, 3.63) is 71.2 Å². The SMILES string of the molecule is Brc1cccc2[nH]c3cccc(-c4ccccc4)c3c12. The molecule has 0 aliphatic rings. The van der Waals surface area contributed by atoms with Gasteiger partial charge in [0.05, 0.1) is 0 Å². The van der Waals surface area contributed by atoms with E-state index in [4.69, 9.17) is 0 Å². The number of halogens is 1.